The van der Waals surface area contributed by atoms with E-state index in [1.54, 1.807) is 22.5 Å². The Morgan fingerprint density at radius 3 is 2.57 bits per heavy atom. The molecule has 184 valence electrons. The number of amides is 1. The lowest BCUT2D eigenvalue weighted by Crippen LogP contribution is -2.43. The molecule has 1 amide bonds. The van der Waals surface area contributed by atoms with Crippen LogP contribution in [0.25, 0.3) is 10.9 Å². The van der Waals surface area contributed by atoms with Gasteiger partial charge in [0.1, 0.15) is 5.82 Å². The van der Waals surface area contributed by atoms with Gasteiger partial charge in [0.15, 0.2) is 0 Å². The first-order valence-corrected chi connectivity index (χ1v) is 13.9. The van der Waals surface area contributed by atoms with Gasteiger partial charge in [-0.15, -0.1) is 0 Å². The summed E-state index contributed by atoms with van der Waals surface area (Å²) in [6.07, 6.45) is 4.46. The zero-order valence-electron chi connectivity index (χ0n) is 19.9. The van der Waals surface area contributed by atoms with E-state index in [0.717, 1.165) is 55.4 Å². The predicted octanol–water partition coefficient (Wildman–Crippen LogP) is 3.59. The highest BCUT2D eigenvalue weighted by molar-refractivity contribution is 7.89. The largest absolute Gasteiger partial charge is 0.356 e. The highest BCUT2D eigenvalue weighted by atomic mass is 32.2. The first-order chi connectivity index (χ1) is 17.0. The van der Waals surface area contributed by atoms with Crippen molar-refractivity contribution in [1.29, 1.82) is 0 Å². The lowest BCUT2D eigenvalue weighted by molar-refractivity contribution is -0.125. The van der Waals surface area contributed by atoms with E-state index in [1.165, 1.54) is 5.56 Å². The third kappa shape index (κ3) is 5.33. The molecule has 2 aliphatic rings. The van der Waals surface area contributed by atoms with Crippen molar-refractivity contribution >= 4 is 32.7 Å². The van der Waals surface area contributed by atoms with Crippen molar-refractivity contribution in [2.75, 3.05) is 37.6 Å². The number of hydrogen-bond donors (Lipinski definition) is 1. The molecule has 0 radical (unpaired) electrons. The number of nitrogens with one attached hydrogen (secondary N) is 1. The van der Waals surface area contributed by atoms with Gasteiger partial charge in [-0.2, -0.15) is 4.31 Å². The monoisotopic (exact) mass is 492 g/mol. The molecule has 3 heterocycles. The predicted molar refractivity (Wildman–Crippen MR) is 138 cm³/mol. The smallest absolute Gasteiger partial charge is 0.243 e. The van der Waals surface area contributed by atoms with Crippen LogP contribution in [0.5, 0.6) is 0 Å². The lowest BCUT2D eigenvalue weighted by atomic mass is 9.97. The van der Waals surface area contributed by atoms with Crippen LogP contribution >= 0.6 is 0 Å². The minimum Gasteiger partial charge on any atom is -0.356 e. The minimum absolute atomic E-state index is 0.0648. The van der Waals surface area contributed by atoms with Crippen molar-refractivity contribution < 1.29 is 13.2 Å². The van der Waals surface area contributed by atoms with Gasteiger partial charge in [0.05, 0.1) is 16.3 Å². The third-order valence-corrected chi connectivity index (χ3v) is 8.92. The molecule has 2 saturated heterocycles. The Kier molecular flexibility index (Phi) is 7.02. The van der Waals surface area contributed by atoms with Gasteiger partial charge in [-0.3, -0.25) is 4.79 Å². The Balaban J connectivity index is 1.24. The van der Waals surface area contributed by atoms with Gasteiger partial charge in [-0.1, -0.05) is 30.3 Å². The minimum atomic E-state index is -3.45. The molecule has 0 spiro atoms. The van der Waals surface area contributed by atoms with Crippen LogP contribution in [0, 0.1) is 5.92 Å². The first-order valence-electron chi connectivity index (χ1n) is 12.5. The number of sulfonamides is 1. The maximum absolute atomic E-state index is 12.9. The number of carbonyl (C=O) groups excluding carboxylic acids is 1. The van der Waals surface area contributed by atoms with E-state index >= 15 is 0 Å². The van der Waals surface area contributed by atoms with Gasteiger partial charge in [0, 0.05) is 38.1 Å². The van der Waals surface area contributed by atoms with Crippen molar-refractivity contribution in [1.82, 2.24) is 14.6 Å². The molecule has 1 N–H and O–H groups in total. The summed E-state index contributed by atoms with van der Waals surface area (Å²) in [5.41, 5.74) is 1.98. The molecular formula is C27H32N4O3S. The number of aromatic nitrogens is 1. The van der Waals surface area contributed by atoms with Crippen molar-refractivity contribution in [3.8, 4) is 0 Å². The van der Waals surface area contributed by atoms with Crippen LogP contribution in [0.3, 0.4) is 0 Å². The molecule has 1 atom stereocenters. The normalized spacial score (nSPS) is 19.2. The highest BCUT2D eigenvalue weighted by Crippen LogP contribution is 2.27. The van der Waals surface area contributed by atoms with E-state index < -0.39 is 10.0 Å². The topological polar surface area (TPSA) is 82.6 Å². The molecule has 8 heteroatoms. The summed E-state index contributed by atoms with van der Waals surface area (Å²) < 4.78 is 27.4. The Morgan fingerprint density at radius 2 is 1.77 bits per heavy atom. The van der Waals surface area contributed by atoms with Crippen LogP contribution < -0.4 is 10.2 Å². The van der Waals surface area contributed by atoms with Crippen molar-refractivity contribution in [2.45, 2.75) is 37.0 Å². The molecule has 2 fully saturated rings. The number of benzene rings is 2. The summed E-state index contributed by atoms with van der Waals surface area (Å²) in [7, 11) is -3.45. The number of pyridine rings is 1. The molecule has 2 aromatic carbocycles. The van der Waals surface area contributed by atoms with E-state index in [9.17, 15) is 13.2 Å². The van der Waals surface area contributed by atoms with Crippen LogP contribution in [0.4, 0.5) is 5.82 Å². The maximum Gasteiger partial charge on any atom is 0.243 e. The summed E-state index contributed by atoms with van der Waals surface area (Å²) in [5, 5.41) is 3.91. The van der Waals surface area contributed by atoms with Gasteiger partial charge < -0.3 is 10.2 Å². The van der Waals surface area contributed by atoms with Crippen molar-refractivity contribution in [3.05, 3.63) is 66.2 Å². The molecular weight excluding hydrogens is 460 g/mol. The number of rotatable bonds is 7. The van der Waals surface area contributed by atoms with Gasteiger partial charge in [-0.05, 0) is 68.0 Å². The molecule has 1 aromatic heterocycles. The second-order valence-corrected chi connectivity index (χ2v) is 11.4. The van der Waals surface area contributed by atoms with E-state index in [-0.39, 0.29) is 11.8 Å². The number of fused-ring (bicyclic) bond motifs is 1. The van der Waals surface area contributed by atoms with Crippen molar-refractivity contribution in [2.24, 2.45) is 5.92 Å². The molecule has 0 bridgehead atoms. The van der Waals surface area contributed by atoms with E-state index in [2.05, 4.69) is 22.3 Å². The fourth-order valence-electron chi connectivity index (χ4n) is 5.03. The molecule has 0 unspecified atom stereocenters. The fourth-order valence-corrected chi connectivity index (χ4v) is 6.58. The summed E-state index contributed by atoms with van der Waals surface area (Å²) in [6, 6.07) is 19.2. The molecule has 35 heavy (non-hydrogen) atoms. The quantitative estimate of drug-likeness (QED) is 0.545. The van der Waals surface area contributed by atoms with Crippen LogP contribution in [0.1, 0.15) is 31.2 Å². The average Bonchev–Trinajstić information content (AvgIpc) is 3.45. The summed E-state index contributed by atoms with van der Waals surface area (Å²) in [6.45, 7) is 3.31. The zero-order chi connectivity index (χ0) is 24.3. The molecule has 5 rings (SSSR count). The second kappa shape index (κ2) is 10.3. The third-order valence-electron chi connectivity index (χ3n) is 7.02. The van der Waals surface area contributed by atoms with Crippen LogP contribution in [0.2, 0.25) is 0 Å². The van der Waals surface area contributed by atoms with E-state index in [0.29, 0.717) is 31.1 Å². The average molecular weight is 493 g/mol. The maximum atomic E-state index is 12.9. The summed E-state index contributed by atoms with van der Waals surface area (Å²) >= 11 is 0. The number of carbonyl (C=O) groups is 1. The number of anilines is 1. The molecule has 3 aromatic rings. The zero-order valence-corrected chi connectivity index (χ0v) is 20.7. The molecule has 0 aliphatic carbocycles. The Morgan fingerprint density at radius 1 is 0.971 bits per heavy atom. The molecule has 7 nitrogen and oxygen atoms in total. The van der Waals surface area contributed by atoms with Gasteiger partial charge >= 0.3 is 0 Å². The molecule has 0 saturated carbocycles. The highest BCUT2D eigenvalue weighted by Gasteiger charge is 2.28. The van der Waals surface area contributed by atoms with Crippen LogP contribution in [0.15, 0.2) is 65.6 Å². The SMILES string of the molecule is O=C(NCCc1ccccc1)[C@H]1CCCN(c2ccc3cc(S(=O)(=O)N4CCCC4)ccc3n2)C1. The number of hydrogen-bond acceptors (Lipinski definition) is 5. The van der Waals surface area contributed by atoms with Crippen LogP contribution in [-0.4, -0.2) is 56.3 Å². The van der Waals surface area contributed by atoms with Gasteiger partial charge in [0.2, 0.25) is 15.9 Å². The number of piperidine rings is 1. The Labute approximate surface area is 207 Å². The van der Waals surface area contributed by atoms with Gasteiger partial charge in [-0.25, -0.2) is 13.4 Å². The second-order valence-electron chi connectivity index (χ2n) is 9.45. The standard InChI is InChI=1S/C27H32N4O3S/c32-27(28-15-14-21-7-2-1-3-8-21)23-9-6-16-30(20-23)26-13-10-22-19-24(11-12-25(22)29-26)35(33,34)31-17-4-5-18-31/h1-3,7-8,10-13,19,23H,4-6,9,14-18,20H2,(H,28,32)/t23-/m0/s1. The summed E-state index contributed by atoms with van der Waals surface area (Å²) in [4.78, 5) is 20.1. The fraction of sp³-hybridized carbons (Fsp3) is 0.407. The molecule has 2 aliphatic heterocycles. The van der Waals surface area contributed by atoms with Gasteiger partial charge in [0.25, 0.3) is 0 Å². The Hall–Kier alpha value is -2.97. The van der Waals surface area contributed by atoms with E-state index in [1.807, 2.05) is 30.3 Å². The lowest BCUT2D eigenvalue weighted by Gasteiger charge is -2.33. The first kappa shape index (κ1) is 23.8. The Bertz CT molecular complexity index is 1290. The van der Waals surface area contributed by atoms with Crippen LogP contribution in [-0.2, 0) is 21.2 Å². The number of nitrogens with zero attached hydrogens (tertiary/aromatic N) is 3. The summed E-state index contributed by atoms with van der Waals surface area (Å²) in [5.74, 6) is 0.864. The van der Waals surface area contributed by atoms with Crippen molar-refractivity contribution in [3.63, 3.8) is 0 Å². The van der Waals surface area contributed by atoms with E-state index in [4.69, 9.17) is 4.98 Å².